The molecule has 0 aliphatic carbocycles. The fraction of sp³-hybridized carbons (Fsp3) is 0.333. The number of pyridine rings is 1. The first kappa shape index (κ1) is 12.2. The molecule has 4 heteroatoms. The average molecular weight is 221 g/mol. The van der Waals surface area contributed by atoms with Crippen molar-refractivity contribution in [3.63, 3.8) is 0 Å². The second-order valence-electron chi connectivity index (χ2n) is 3.90. The smallest absolute Gasteiger partial charge is 0.341 e. The summed E-state index contributed by atoms with van der Waals surface area (Å²) in [5.74, 6) is -1.19. The minimum Gasteiger partial charge on any atom is -0.477 e. The molecule has 1 aromatic heterocycles. The molecule has 0 fully saturated rings. The Hall–Kier alpha value is -1.84. The van der Waals surface area contributed by atoms with E-state index in [9.17, 15) is 9.59 Å². The van der Waals surface area contributed by atoms with Crippen molar-refractivity contribution in [2.75, 3.05) is 0 Å². The lowest BCUT2D eigenvalue weighted by atomic mass is 10.2. The lowest BCUT2D eigenvalue weighted by Crippen LogP contribution is -2.19. The van der Waals surface area contributed by atoms with Gasteiger partial charge in [0.1, 0.15) is 5.56 Å². The molecule has 0 saturated heterocycles. The number of rotatable bonds is 4. The second-order valence-corrected chi connectivity index (χ2v) is 3.90. The van der Waals surface area contributed by atoms with E-state index in [4.69, 9.17) is 5.11 Å². The van der Waals surface area contributed by atoms with Crippen LogP contribution in [0.2, 0.25) is 0 Å². The van der Waals surface area contributed by atoms with E-state index in [1.165, 1.54) is 12.3 Å². The maximum Gasteiger partial charge on any atom is 0.341 e. The Bertz CT molecular complexity index is 486. The quantitative estimate of drug-likeness (QED) is 0.789. The lowest BCUT2D eigenvalue weighted by Gasteiger charge is -2.11. The summed E-state index contributed by atoms with van der Waals surface area (Å²) in [7, 11) is 0. The minimum absolute atomic E-state index is 0.188. The number of carboxylic acid groups (broad SMARTS) is 1. The summed E-state index contributed by atoms with van der Waals surface area (Å²) in [6.45, 7) is 8.12. The molecule has 0 saturated carbocycles. The molecular weight excluding hydrogens is 206 g/mol. The number of hydrogen-bond acceptors (Lipinski definition) is 2. The van der Waals surface area contributed by atoms with Gasteiger partial charge in [-0.25, -0.2) is 4.79 Å². The third-order valence-electron chi connectivity index (χ3n) is 2.35. The van der Waals surface area contributed by atoms with E-state index in [2.05, 4.69) is 6.58 Å². The first-order chi connectivity index (χ1) is 7.41. The van der Waals surface area contributed by atoms with Crippen molar-refractivity contribution in [3.05, 3.63) is 45.9 Å². The van der Waals surface area contributed by atoms with Crippen LogP contribution in [0.1, 0.15) is 29.4 Å². The van der Waals surface area contributed by atoms with Crippen molar-refractivity contribution in [1.82, 2.24) is 4.57 Å². The zero-order chi connectivity index (χ0) is 12.3. The van der Waals surface area contributed by atoms with Gasteiger partial charge in [-0.1, -0.05) is 5.57 Å². The van der Waals surface area contributed by atoms with Crippen molar-refractivity contribution >= 4 is 5.97 Å². The predicted molar refractivity (Wildman–Crippen MR) is 61.8 cm³/mol. The van der Waals surface area contributed by atoms with Gasteiger partial charge in [-0.3, -0.25) is 4.79 Å². The van der Waals surface area contributed by atoms with E-state index in [0.29, 0.717) is 6.54 Å². The number of carboxylic acids is 1. The summed E-state index contributed by atoms with van der Waals surface area (Å²) in [4.78, 5) is 22.2. The van der Waals surface area contributed by atoms with Gasteiger partial charge in [-0.15, -0.1) is 6.58 Å². The van der Waals surface area contributed by atoms with Crippen LogP contribution in [0.25, 0.3) is 0 Å². The van der Waals surface area contributed by atoms with Gasteiger partial charge >= 0.3 is 5.97 Å². The Morgan fingerprint density at radius 2 is 2.19 bits per heavy atom. The minimum atomic E-state index is -1.19. The van der Waals surface area contributed by atoms with Gasteiger partial charge in [-0.2, -0.15) is 0 Å². The van der Waals surface area contributed by atoms with Gasteiger partial charge in [-0.05, 0) is 20.3 Å². The van der Waals surface area contributed by atoms with E-state index in [-0.39, 0.29) is 5.56 Å². The Labute approximate surface area is 93.8 Å². The Morgan fingerprint density at radius 1 is 1.56 bits per heavy atom. The molecular formula is C12H15NO3. The van der Waals surface area contributed by atoms with Crippen LogP contribution < -0.4 is 5.43 Å². The fourth-order valence-corrected chi connectivity index (χ4v) is 1.38. The normalized spacial score (nSPS) is 10.1. The molecule has 0 atom stereocenters. The SMILES string of the molecule is C=C(C)CCn1cc(C(=O)O)c(=O)cc1C. The number of allylic oxidation sites excluding steroid dienone is 1. The number of carbonyl (C=O) groups is 1. The number of aromatic nitrogens is 1. The Morgan fingerprint density at radius 3 is 2.69 bits per heavy atom. The van der Waals surface area contributed by atoms with E-state index >= 15 is 0 Å². The maximum atomic E-state index is 11.4. The molecule has 0 amide bonds. The highest BCUT2D eigenvalue weighted by molar-refractivity contribution is 5.87. The monoisotopic (exact) mass is 221 g/mol. The molecule has 0 bridgehead atoms. The number of nitrogens with zero attached hydrogens (tertiary/aromatic N) is 1. The van der Waals surface area contributed by atoms with Crippen molar-refractivity contribution in [2.45, 2.75) is 26.8 Å². The summed E-state index contributed by atoms with van der Waals surface area (Å²) >= 11 is 0. The number of hydrogen-bond donors (Lipinski definition) is 1. The third-order valence-corrected chi connectivity index (χ3v) is 2.35. The van der Waals surface area contributed by atoms with E-state index in [0.717, 1.165) is 17.7 Å². The molecule has 0 radical (unpaired) electrons. The zero-order valence-corrected chi connectivity index (χ0v) is 9.49. The van der Waals surface area contributed by atoms with E-state index in [1.807, 2.05) is 6.92 Å². The van der Waals surface area contributed by atoms with Gasteiger partial charge in [0, 0.05) is 24.5 Å². The van der Waals surface area contributed by atoms with Crippen molar-refractivity contribution in [3.8, 4) is 0 Å². The highest BCUT2D eigenvalue weighted by Gasteiger charge is 2.10. The topological polar surface area (TPSA) is 59.3 Å². The van der Waals surface area contributed by atoms with Gasteiger partial charge < -0.3 is 9.67 Å². The molecule has 0 aliphatic rings. The summed E-state index contributed by atoms with van der Waals surface area (Å²) in [6, 6.07) is 1.35. The van der Waals surface area contributed by atoms with Gasteiger partial charge in [0.2, 0.25) is 0 Å². The van der Waals surface area contributed by atoms with Gasteiger partial charge in [0.15, 0.2) is 5.43 Å². The molecule has 4 nitrogen and oxygen atoms in total. The first-order valence-corrected chi connectivity index (χ1v) is 5.00. The van der Waals surface area contributed by atoms with Crippen LogP contribution in [0.3, 0.4) is 0 Å². The van der Waals surface area contributed by atoms with Crippen LogP contribution in [0, 0.1) is 6.92 Å². The lowest BCUT2D eigenvalue weighted by molar-refractivity contribution is 0.0694. The Balaban J connectivity index is 3.10. The Kier molecular flexibility index (Phi) is 3.66. The van der Waals surface area contributed by atoms with Crippen molar-refractivity contribution in [2.24, 2.45) is 0 Å². The van der Waals surface area contributed by atoms with Crippen LogP contribution in [-0.4, -0.2) is 15.6 Å². The fourth-order valence-electron chi connectivity index (χ4n) is 1.38. The van der Waals surface area contributed by atoms with Crippen LogP contribution in [0.4, 0.5) is 0 Å². The summed E-state index contributed by atoms with van der Waals surface area (Å²) < 4.78 is 1.76. The van der Waals surface area contributed by atoms with Crippen LogP contribution >= 0.6 is 0 Å². The molecule has 16 heavy (non-hydrogen) atoms. The maximum absolute atomic E-state index is 11.4. The van der Waals surface area contributed by atoms with Gasteiger partial charge in [0.05, 0.1) is 0 Å². The summed E-state index contributed by atoms with van der Waals surface area (Å²) in [6.07, 6.45) is 2.16. The standard InChI is InChI=1S/C12H15NO3/c1-8(2)4-5-13-7-10(12(15)16)11(14)6-9(13)3/h6-7H,1,4-5H2,2-3H3,(H,15,16). The molecule has 0 aliphatic heterocycles. The largest absolute Gasteiger partial charge is 0.477 e. The molecule has 1 rings (SSSR count). The average Bonchev–Trinajstić information content (AvgIpc) is 2.15. The molecule has 1 heterocycles. The van der Waals surface area contributed by atoms with Crippen LogP contribution in [0.5, 0.6) is 0 Å². The zero-order valence-electron chi connectivity index (χ0n) is 9.49. The third kappa shape index (κ3) is 2.82. The molecule has 86 valence electrons. The van der Waals surface area contributed by atoms with E-state index < -0.39 is 11.4 Å². The number of aromatic carboxylic acids is 1. The van der Waals surface area contributed by atoms with Gasteiger partial charge in [0.25, 0.3) is 0 Å². The summed E-state index contributed by atoms with van der Waals surface area (Å²) in [5, 5.41) is 8.83. The molecule has 1 aromatic rings. The van der Waals surface area contributed by atoms with Crippen molar-refractivity contribution in [1.29, 1.82) is 0 Å². The van der Waals surface area contributed by atoms with E-state index in [1.54, 1.807) is 11.5 Å². The second kappa shape index (κ2) is 4.79. The highest BCUT2D eigenvalue weighted by Crippen LogP contribution is 2.04. The highest BCUT2D eigenvalue weighted by atomic mass is 16.4. The molecule has 0 aromatic carbocycles. The van der Waals surface area contributed by atoms with Crippen LogP contribution in [0.15, 0.2) is 29.2 Å². The molecule has 0 spiro atoms. The predicted octanol–water partition coefficient (Wildman–Crippen LogP) is 1.82. The number of aryl methyl sites for hydroxylation is 2. The molecule has 1 N–H and O–H groups in total. The van der Waals surface area contributed by atoms with Crippen molar-refractivity contribution < 1.29 is 9.90 Å². The summed E-state index contributed by atoms with van der Waals surface area (Å²) in [5.41, 5.74) is 1.15. The molecule has 0 unspecified atom stereocenters. The first-order valence-electron chi connectivity index (χ1n) is 5.00. The van der Waals surface area contributed by atoms with Crippen LogP contribution in [-0.2, 0) is 6.54 Å².